The van der Waals surface area contributed by atoms with Gasteiger partial charge in [0.15, 0.2) is 17.6 Å². The van der Waals surface area contributed by atoms with Gasteiger partial charge >= 0.3 is 5.97 Å². The van der Waals surface area contributed by atoms with Crippen LogP contribution in [0.3, 0.4) is 0 Å². The molecule has 0 unspecified atom stereocenters. The smallest absolute Gasteiger partial charge is 0.342 e. The summed E-state index contributed by atoms with van der Waals surface area (Å²) in [7, 11) is 0. The van der Waals surface area contributed by atoms with Crippen molar-refractivity contribution in [2.75, 3.05) is 0 Å². The van der Waals surface area contributed by atoms with Crippen LogP contribution in [-0.2, 0) is 11.2 Å². The quantitative estimate of drug-likeness (QED) is 0.163. The van der Waals surface area contributed by atoms with Crippen molar-refractivity contribution in [3.05, 3.63) is 53.1 Å². The van der Waals surface area contributed by atoms with E-state index in [-0.39, 0.29) is 46.3 Å². The van der Waals surface area contributed by atoms with Gasteiger partial charge in [0.1, 0.15) is 40.4 Å². The highest BCUT2D eigenvalue weighted by Gasteiger charge is 2.37. The summed E-state index contributed by atoms with van der Waals surface area (Å²) in [6, 6.07) is 6.53. The second-order valence-corrected chi connectivity index (χ2v) is 7.40. The van der Waals surface area contributed by atoms with Crippen molar-refractivity contribution >= 4 is 5.97 Å². The fraction of sp³-hybridized carbons (Fsp3) is 0.136. The monoisotopic (exact) mass is 458 g/mol. The number of hydrogen-bond acceptors (Lipinski definition) is 11. The van der Waals surface area contributed by atoms with Gasteiger partial charge in [-0.05, 0) is 12.1 Å². The van der Waals surface area contributed by atoms with Gasteiger partial charge in [0.2, 0.25) is 11.5 Å². The molecule has 0 saturated carbocycles. The minimum absolute atomic E-state index is 0.0652. The molecule has 0 amide bonds. The summed E-state index contributed by atoms with van der Waals surface area (Å²) in [5.74, 6) is -6.49. The molecule has 11 nitrogen and oxygen atoms in total. The van der Waals surface area contributed by atoms with Gasteiger partial charge in [-0.1, -0.05) is 0 Å². The molecule has 1 aliphatic rings. The molecule has 2 atom stereocenters. The molecular weight excluding hydrogens is 440 g/mol. The van der Waals surface area contributed by atoms with Gasteiger partial charge in [-0.15, -0.1) is 0 Å². The van der Waals surface area contributed by atoms with E-state index in [0.717, 1.165) is 12.1 Å². The summed E-state index contributed by atoms with van der Waals surface area (Å²) in [6.45, 7) is 0. The third-order valence-corrected chi connectivity index (χ3v) is 5.13. The predicted molar refractivity (Wildman–Crippen MR) is 109 cm³/mol. The van der Waals surface area contributed by atoms with Gasteiger partial charge in [-0.3, -0.25) is 0 Å². The molecule has 3 aromatic carbocycles. The zero-order valence-electron chi connectivity index (χ0n) is 16.6. The number of hydrogen-bond donors (Lipinski definition) is 8. The van der Waals surface area contributed by atoms with E-state index in [4.69, 9.17) is 9.47 Å². The van der Waals surface area contributed by atoms with Crippen LogP contribution in [0.15, 0.2) is 36.4 Å². The maximum absolute atomic E-state index is 12.8. The highest BCUT2D eigenvalue weighted by atomic mass is 16.6. The number of benzene rings is 3. The lowest BCUT2D eigenvalue weighted by Crippen LogP contribution is -2.34. The Hall–Kier alpha value is -4.67. The number of carbonyl (C=O) groups excluding carboxylic acids is 1. The zero-order chi connectivity index (χ0) is 24.0. The van der Waals surface area contributed by atoms with Crippen molar-refractivity contribution < 1.29 is 55.1 Å². The number of phenols is 8. The predicted octanol–water partition coefficient (Wildman–Crippen LogP) is 2.23. The first kappa shape index (κ1) is 21.6. The van der Waals surface area contributed by atoms with E-state index in [9.17, 15) is 45.6 Å². The molecule has 0 bridgehead atoms. The molecule has 11 heteroatoms. The first-order valence-corrected chi connectivity index (χ1v) is 9.47. The van der Waals surface area contributed by atoms with Crippen LogP contribution >= 0.6 is 0 Å². The van der Waals surface area contributed by atoms with Crippen molar-refractivity contribution in [2.45, 2.75) is 18.6 Å². The van der Waals surface area contributed by atoms with Gasteiger partial charge in [0.05, 0.1) is 0 Å². The molecule has 1 heterocycles. The highest BCUT2D eigenvalue weighted by Crippen LogP contribution is 2.46. The van der Waals surface area contributed by atoms with Crippen LogP contribution in [0.25, 0.3) is 0 Å². The number of ether oxygens (including phenoxy) is 2. The van der Waals surface area contributed by atoms with Crippen LogP contribution in [-0.4, -0.2) is 52.9 Å². The second kappa shape index (κ2) is 7.79. The van der Waals surface area contributed by atoms with Crippen LogP contribution < -0.4 is 4.74 Å². The number of aromatic hydroxyl groups is 8. The maximum Gasteiger partial charge on any atom is 0.342 e. The van der Waals surface area contributed by atoms with E-state index >= 15 is 0 Å². The zero-order valence-corrected chi connectivity index (χ0v) is 16.6. The Morgan fingerprint density at radius 1 is 0.758 bits per heavy atom. The first-order chi connectivity index (χ1) is 15.5. The Balaban J connectivity index is 1.76. The molecule has 8 N–H and O–H groups in total. The van der Waals surface area contributed by atoms with Crippen molar-refractivity contribution in [3.63, 3.8) is 0 Å². The fourth-order valence-corrected chi connectivity index (χ4v) is 3.61. The number of carbonyl (C=O) groups is 1. The molecule has 0 aliphatic carbocycles. The Kier molecular flexibility index (Phi) is 5.09. The summed E-state index contributed by atoms with van der Waals surface area (Å²) in [5, 5.41) is 78.6. The first-order valence-electron chi connectivity index (χ1n) is 9.47. The number of rotatable bonds is 3. The van der Waals surface area contributed by atoms with Crippen LogP contribution in [0.1, 0.15) is 27.6 Å². The largest absolute Gasteiger partial charge is 0.508 e. The topological polar surface area (TPSA) is 197 Å². The Morgan fingerprint density at radius 2 is 1.39 bits per heavy atom. The lowest BCUT2D eigenvalue weighted by Gasteiger charge is -2.34. The number of phenolic OH excluding ortho intramolecular Hbond substituents is 8. The van der Waals surface area contributed by atoms with E-state index in [0.29, 0.717) is 6.07 Å². The lowest BCUT2D eigenvalue weighted by molar-refractivity contribution is -0.0191. The summed E-state index contributed by atoms with van der Waals surface area (Å²) < 4.78 is 11.2. The van der Waals surface area contributed by atoms with Crippen LogP contribution in [0.4, 0.5) is 0 Å². The maximum atomic E-state index is 12.8. The van der Waals surface area contributed by atoms with E-state index in [2.05, 4.69) is 0 Å². The van der Waals surface area contributed by atoms with Crippen molar-refractivity contribution in [3.8, 4) is 51.7 Å². The van der Waals surface area contributed by atoms with E-state index < -0.39 is 46.7 Å². The van der Waals surface area contributed by atoms with Gasteiger partial charge < -0.3 is 50.3 Å². The summed E-state index contributed by atoms with van der Waals surface area (Å²) in [6.07, 6.45) is -2.51. The van der Waals surface area contributed by atoms with Crippen molar-refractivity contribution in [1.82, 2.24) is 0 Å². The summed E-state index contributed by atoms with van der Waals surface area (Å²) >= 11 is 0. The molecule has 0 aromatic heterocycles. The molecule has 33 heavy (non-hydrogen) atoms. The second-order valence-electron chi connectivity index (χ2n) is 7.40. The highest BCUT2D eigenvalue weighted by molar-refractivity contribution is 5.95. The Bertz CT molecular complexity index is 1250. The van der Waals surface area contributed by atoms with E-state index in [1.807, 2.05) is 0 Å². The van der Waals surface area contributed by atoms with Crippen LogP contribution in [0.5, 0.6) is 51.7 Å². The number of fused-ring (bicyclic) bond motifs is 1. The van der Waals surface area contributed by atoms with E-state index in [1.165, 1.54) is 18.2 Å². The SMILES string of the molecule is O=C(O[C@H]1Cc2c(O)cc(O)cc2O[C@@H]1c1cc(O)cc(O)c1)c1cc(O)c(O)c(O)c1O. The molecular formula is C22H18O11. The van der Waals surface area contributed by atoms with Crippen molar-refractivity contribution in [2.24, 2.45) is 0 Å². The summed E-state index contributed by atoms with van der Waals surface area (Å²) in [4.78, 5) is 12.8. The minimum Gasteiger partial charge on any atom is -0.508 e. The normalized spacial score (nSPS) is 17.1. The minimum atomic E-state index is -1.22. The Morgan fingerprint density at radius 3 is 2.06 bits per heavy atom. The standard InChI is InChI=1S/C22H18O11/c23-9-1-8(2-10(24)3-9)21-17(7-12-14(26)4-11(25)5-16(12)32-21)33-22(31)13-6-15(27)19(29)20(30)18(13)28/h1-6,17,21,23-30H,7H2/t17-,21+/m0/s1. The molecule has 3 aromatic rings. The average molecular weight is 458 g/mol. The van der Waals surface area contributed by atoms with Crippen LogP contribution in [0, 0.1) is 0 Å². The van der Waals surface area contributed by atoms with Gasteiger partial charge in [0.25, 0.3) is 0 Å². The van der Waals surface area contributed by atoms with Crippen molar-refractivity contribution in [1.29, 1.82) is 0 Å². The molecule has 172 valence electrons. The third-order valence-electron chi connectivity index (χ3n) is 5.13. The average Bonchev–Trinajstić information content (AvgIpc) is 2.74. The summed E-state index contributed by atoms with van der Waals surface area (Å²) in [5.41, 5.74) is -0.299. The van der Waals surface area contributed by atoms with Gasteiger partial charge in [-0.2, -0.15) is 0 Å². The molecule has 0 saturated heterocycles. The van der Waals surface area contributed by atoms with Gasteiger partial charge in [0, 0.05) is 41.8 Å². The molecule has 4 rings (SSSR count). The molecule has 1 aliphatic heterocycles. The third kappa shape index (κ3) is 3.87. The lowest BCUT2D eigenvalue weighted by atomic mass is 9.93. The molecule has 0 radical (unpaired) electrons. The fourth-order valence-electron chi connectivity index (χ4n) is 3.61. The molecule has 0 spiro atoms. The van der Waals surface area contributed by atoms with Crippen LogP contribution in [0.2, 0.25) is 0 Å². The molecule has 0 fully saturated rings. The number of esters is 1. The van der Waals surface area contributed by atoms with E-state index in [1.54, 1.807) is 0 Å². The van der Waals surface area contributed by atoms with Gasteiger partial charge in [-0.25, -0.2) is 4.79 Å². The Labute approximate surface area is 185 Å².